The van der Waals surface area contributed by atoms with Crippen LogP contribution < -0.4 is 37.4 Å². The third-order valence-electron chi connectivity index (χ3n) is 15.6. The molecule has 419 valence electrons. The Hall–Kier alpha value is -8.11. The van der Waals surface area contributed by atoms with Gasteiger partial charge in [0.1, 0.15) is 11.3 Å². The molecule has 2 heterocycles. The number of nitrogens with zero attached hydrogens (tertiary/aromatic N) is 1. The van der Waals surface area contributed by atoms with Gasteiger partial charge in [0.05, 0.1) is 10.2 Å². The van der Waals surface area contributed by atoms with E-state index in [9.17, 15) is 27.9 Å². The summed E-state index contributed by atoms with van der Waals surface area (Å²) < 4.78 is 75.4. The first-order valence-corrected chi connectivity index (χ1v) is 31.6. The maximum absolute atomic E-state index is 16.2. The third-order valence-corrected chi connectivity index (χ3v) is 23.0. The van der Waals surface area contributed by atoms with Crippen molar-refractivity contribution in [3.05, 3.63) is 301 Å². The molecule has 1 radical (unpaired) electrons. The summed E-state index contributed by atoms with van der Waals surface area (Å²) in [7, 11) is -6.94. The van der Waals surface area contributed by atoms with E-state index in [0.29, 0.717) is 4.70 Å². The maximum atomic E-state index is 16.2. The number of hydrogen-bond acceptors (Lipinski definition) is 6. The van der Waals surface area contributed by atoms with E-state index in [1.807, 2.05) is 212 Å². The zero-order valence-electron chi connectivity index (χ0n) is 45.5. The second-order valence-electron chi connectivity index (χ2n) is 20.5. The first kappa shape index (κ1) is 58.3. The van der Waals surface area contributed by atoms with Crippen LogP contribution in [0.2, 0.25) is 0 Å². The Labute approximate surface area is 537 Å². The van der Waals surface area contributed by atoms with Gasteiger partial charge in [0.2, 0.25) is 0 Å². The first-order valence-electron chi connectivity index (χ1n) is 27.3. The number of aromatic nitrogens is 1. The predicted octanol–water partition coefficient (Wildman–Crippen LogP) is 16.4. The summed E-state index contributed by atoms with van der Waals surface area (Å²) in [6.45, 7) is 0. The third kappa shape index (κ3) is 10.2. The van der Waals surface area contributed by atoms with Crippen molar-refractivity contribution in [2.45, 2.75) is 6.18 Å². The fourth-order valence-electron chi connectivity index (χ4n) is 11.6. The Bertz CT molecular complexity index is 4780. The molecule has 2 aromatic heterocycles. The Morgan fingerprint density at radius 3 is 1.26 bits per heavy atom. The molecule has 86 heavy (non-hydrogen) atoms. The van der Waals surface area contributed by atoms with Crippen LogP contribution in [-0.2, 0) is 9.13 Å². The van der Waals surface area contributed by atoms with Crippen LogP contribution in [-0.4, -0.2) is 21.6 Å². The van der Waals surface area contributed by atoms with Crippen molar-refractivity contribution < 1.29 is 81.6 Å². The molecule has 0 fully saturated rings. The summed E-state index contributed by atoms with van der Waals surface area (Å²) in [6, 6.07) is 90.9. The van der Waals surface area contributed by atoms with Crippen LogP contribution in [0.4, 0.5) is 13.2 Å². The van der Waals surface area contributed by atoms with E-state index < -0.39 is 43.1 Å². The van der Waals surface area contributed by atoms with Crippen molar-refractivity contribution in [2.75, 3.05) is 0 Å². The van der Waals surface area contributed by atoms with E-state index in [1.165, 1.54) is 17.4 Å². The summed E-state index contributed by atoms with van der Waals surface area (Å²) in [5.74, 6) is -3.36. The van der Waals surface area contributed by atoms with Crippen molar-refractivity contribution in [2.24, 2.45) is 0 Å². The summed E-state index contributed by atoms with van der Waals surface area (Å²) in [5, 5.41) is 21.0. The largest absolute Gasteiger partial charge is 0.506 e. The molecule has 14 aromatic rings. The van der Waals surface area contributed by atoms with E-state index >= 15 is 9.13 Å². The van der Waals surface area contributed by atoms with Gasteiger partial charge in [-0.1, -0.05) is 249 Å². The smallest absolute Gasteiger partial charge is 0.455 e. The average molecular weight is 1320 g/mol. The molecule has 0 unspecified atom stereocenters. The molecule has 0 bridgehead atoms. The van der Waals surface area contributed by atoms with Gasteiger partial charge in [0.25, 0.3) is 11.3 Å². The van der Waals surface area contributed by atoms with E-state index in [4.69, 9.17) is 0 Å². The van der Waals surface area contributed by atoms with Gasteiger partial charge in [0, 0.05) is 119 Å². The number of Topliss-reactive ketones (excluding diaryl/α,β-unsaturated/α-hetero) is 1. The van der Waals surface area contributed by atoms with Crippen LogP contribution in [0.15, 0.2) is 290 Å². The quantitative estimate of drug-likeness (QED) is 0.109. The zero-order valence-corrected chi connectivity index (χ0v) is 50.5. The molecule has 0 saturated carbocycles. The molecule has 12 aromatic carbocycles. The molecule has 0 aliphatic carbocycles. The predicted molar refractivity (Wildman–Crippen MR) is 346 cm³/mol. The van der Waals surface area contributed by atoms with Crippen LogP contribution in [0.5, 0.6) is 5.75 Å². The number of ketones is 1. The normalized spacial score (nSPS) is 11.8. The second kappa shape index (κ2) is 24.0. The molecular formula is C73H48EuF3NO5P2S. The number of hydrogen-bond donors (Lipinski definition) is 1. The van der Waals surface area contributed by atoms with Crippen molar-refractivity contribution in [1.82, 2.24) is 4.57 Å². The van der Waals surface area contributed by atoms with Crippen molar-refractivity contribution >= 4 is 116 Å². The molecule has 0 spiro atoms. The minimum absolute atomic E-state index is 0. The number of halogens is 3. The number of alkyl halides is 3. The second-order valence-corrected chi connectivity index (χ2v) is 27.0. The minimum atomic E-state index is -5.33. The number of fused-ring (bicyclic) bond motifs is 7. The van der Waals surface area contributed by atoms with Gasteiger partial charge in [-0.2, -0.15) is 13.2 Å². The van der Waals surface area contributed by atoms with Gasteiger partial charge in [0.15, 0.2) is 14.3 Å². The number of pyridine rings is 1. The molecular weight excluding hydrogens is 1270 g/mol. The monoisotopic (exact) mass is 1320 g/mol. The van der Waals surface area contributed by atoms with Crippen molar-refractivity contribution in [3.8, 4) is 33.7 Å². The summed E-state index contributed by atoms with van der Waals surface area (Å²) >= 11 is 1.36. The van der Waals surface area contributed by atoms with E-state index in [0.717, 1.165) is 95.7 Å². The van der Waals surface area contributed by atoms with E-state index in [2.05, 4.69) is 36.4 Å². The number of benzene rings is 12. The van der Waals surface area contributed by atoms with E-state index in [-0.39, 0.29) is 66.0 Å². The molecule has 14 rings (SSSR count). The number of carbonyl (C=O) groups is 1. The van der Waals surface area contributed by atoms with Gasteiger partial charge in [-0.25, -0.2) is 0 Å². The Kier molecular flexibility index (Phi) is 16.3. The zero-order chi connectivity index (χ0) is 58.5. The summed E-state index contributed by atoms with van der Waals surface area (Å²) in [5.41, 5.74) is 1.46. The van der Waals surface area contributed by atoms with Crippen LogP contribution in [0, 0.1) is 49.4 Å². The van der Waals surface area contributed by atoms with Gasteiger partial charge in [-0.15, -0.1) is 11.3 Å². The van der Waals surface area contributed by atoms with Gasteiger partial charge in [-0.3, -0.25) is 14.2 Å². The van der Waals surface area contributed by atoms with Gasteiger partial charge in [-0.05, 0) is 69.1 Å². The van der Waals surface area contributed by atoms with Crippen LogP contribution in [0.3, 0.4) is 0 Å². The van der Waals surface area contributed by atoms with Crippen LogP contribution in [0.25, 0.3) is 80.6 Å². The standard InChI is InChI=1S/C44H32O2P2.C29H16F3NO3S.Eu/c45-47(35-19-5-1-6-20-35,36-21-7-2-8-22-36)41-31-29-33-17-13-15-27-39(33)43(41)44-40-28-16-14-18-34(40)30-32-42(44)48(46,37-23-9-3-10-24-37)38-25-11-4-12-26-38;30-29(31,32)27(35)23-25(34)21-15-14-20-19-8-4-5-9-22(19)37-26(20)24(21)33(28(23)36)18-12-10-17(11-13-18)16-6-2-1-3-7-16;/h1-32H;1-15,34H;. The molecule has 0 atom stereocenters. The average Bonchev–Trinajstić information content (AvgIpc) is 1.32. The molecule has 0 aliphatic rings. The van der Waals surface area contributed by atoms with Crippen molar-refractivity contribution in [1.29, 1.82) is 0 Å². The number of aromatic hydroxyl groups is 1. The van der Waals surface area contributed by atoms with Gasteiger partial charge < -0.3 is 14.2 Å². The van der Waals surface area contributed by atoms with Gasteiger partial charge >= 0.3 is 6.18 Å². The minimum Gasteiger partial charge on any atom is -0.506 e. The topological polar surface area (TPSA) is 93.4 Å². The van der Waals surface area contributed by atoms with E-state index in [1.54, 1.807) is 30.3 Å². The summed E-state index contributed by atoms with van der Waals surface area (Å²) in [4.78, 5) is 25.9. The molecule has 0 aliphatic heterocycles. The molecule has 0 amide bonds. The number of thiophene rings is 1. The molecule has 1 N–H and O–H groups in total. The summed E-state index contributed by atoms with van der Waals surface area (Å²) in [6.07, 6.45) is -5.33. The molecule has 0 saturated heterocycles. The van der Waals surface area contributed by atoms with Crippen molar-refractivity contribution in [3.63, 3.8) is 0 Å². The maximum Gasteiger partial charge on any atom is 0.455 e. The number of carbonyl (C=O) groups excluding carboxylic acids is 1. The van der Waals surface area contributed by atoms with Crippen LogP contribution >= 0.6 is 25.6 Å². The Morgan fingerprint density at radius 2 is 0.802 bits per heavy atom. The Balaban J connectivity index is 0.000000172. The fraction of sp³-hybridized carbons (Fsp3) is 0.0137. The Morgan fingerprint density at radius 1 is 0.419 bits per heavy atom. The first-order chi connectivity index (χ1) is 41.4. The fourth-order valence-corrected chi connectivity index (χ4v) is 18.6. The number of rotatable bonds is 10. The molecule has 13 heteroatoms. The molecule has 6 nitrogen and oxygen atoms in total. The van der Waals surface area contributed by atoms with Crippen LogP contribution in [0.1, 0.15) is 10.4 Å². The SMILES string of the molecule is O=C(c1c(O)c2ccc3c4ccccc4sc3c2n(-c2ccc(-c3ccccc3)cc2)c1=O)C(F)(F)F.O=P(c1ccccc1)(c1ccccc1)c1ccc2ccccc2c1-c1c(P(=O)(c2ccccc2)c2ccccc2)ccc2ccccc12.[Eu].